The fourth-order valence-electron chi connectivity index (χ4n) is 0.783. The van der Waals surface area contributed by atoms with E-state index in [0.29, 0.717) is 0 Å². The normalized spacial score (nSPS) is 14.3. The molecule has 0 aliphatic carbocycles. The number of rotatable bonds is 4. The first-order valence-electron chi connectivity index (χ1n) is 5.12. The van der Waals surface area contributed by atoms with E-state index < -0.39 is 11.8 Å². The van der Waals surface area contributed by atoms with Gasteiger partial charge in [0.15, 0.2) is 0 Å². The van der Waals surface area contributed by atoms with Crippen LogP contribution in [0.1, 0.15) is 40.5 Å². The quantitative estimate of drug-likeness (QED) is 0.660. The molecule has 0 radical (unpaired) electrons. The molecule has 0 saturated heterocycles. The molecule has 0 unspecified atom stereocenters. The van der Waals surface area contributed by atoms with Crippen molar-refractivity contribution in [1.29, 1.82) is 0 Å². The average Bonchev–Trinajstić information content (AvgIpc) is 2.17. The van der Waals surface area contributed by atoms with Crippen molar-refractivity contribution in [1.82, 2.24) is 10.6 Å². The van der Waals surface area contributed by atoms with E-state index in [-0.39, 0.29) is 12.1 Å². The van der Waals surface area contributed by atoms with Crippen LogP contribution in [0.5, 0.6) is 0 Å². The van der Waals surface area contributed by atoms with E-state index in [2.05, 4.69) is 10.6 Å². The summed E-state index contributed by atoms with van der Waals surface area (Å²) in [6, 6.07) is 0.0929. The largest absolute Gasteiger partial charge is 0.345 e. The molecule has 82 valence electrons. The summed E-state index contributed by atoms with van der Waals surface area (Å²) in [5.41, 5.74) is 0. The van der Waals surface area contributed by atoms with Crippen molar-refractivity contribution < 1.29 is 9.59 Å². The van der Waals surface area contributed by atoms with Gasteiger partial charge >= 0.3 is 11.8 Å². The van der Waals surface area contributed by atoms with Gasteiger partial charge in [0.2, 0.25) is 0 Å². The molecular weight excluding hydrogens is 180 g/mol. The molecule has 0 rings (SSSR count). The van der Waals surface area contributed by atoms with E-state index >= 15 is 0 Å². The van der Waals surface area contributed by atoms with Crippen LogP contribution in [0.4, 0.5) is 0 Å². The number of amides is 2. The van der Waals surface area contributed by atoms with Crippen molar-refractivity contribution in [3.63, 3.8) is 0 Å². The van der Waals surface area contributed by atoms with Gasteiger partial charge in [0.05, 0.1) is 0 Å². The molecule has 2 atom stereocenters. The maximum absolute atomic E-state index is 11.2. The SMILES string of the molecule is CC[C@@H](C)NC(=O)C(=O)N[C@@H](C)CC. The predicted octanol–water partition coefficient (Wildman–Crippen LogP) is 0.816. The van der Waals surface area contributed by atoms with Gasteiger partial charge in [-0.05, 0) is 26.7 Å². The van der Waals surface area contributed by atoms with E-state index in [0.717, 1.165) is 12.8 Å². The van der Waals surface area contributed by atoms with Crippen LogP contribution < -0.4 is 10.6 Å². The van der Waals surface area contributed by atoms with Crippen LogP contribution in [0.2, 0.25) is 0 Å². The summed E-state index contributed by atoms with van der Waals surface area (Å²) >= 11 is 0. The fraction of sp³-hybridized carbons (Fsp3) is 0.800. The van der Waals surface area contributed by atoms with Crippen molar-refractivity contribution in [2.45, 2.75) is 52.6 Å². The maximum Gasteiger partial charge on any atom is 0.309 e. The molecule has 0 aliphatic heterocycles. The molecule has 0 aromatic heterocycles. The molecule has 2 N–H and O–H groups in total. The number of nitrogens with one attached hydrogen (secondary N) is 2. The highest BCUT2D eigenvalue weighted by molar-refractivity contribution is 6.35. The second-order valence-corrected chi connectivity index (χ2v) is 3.57. The highest BCUT2D eigenvalue weighted by Crippen LogP contribution is 1.90. The van der Waals surface area contributed by atoms with Gasteiger partial charge in [0.25, 0.3) is 0 Å². The molecule has 0 aromatic rings. The van der Waals surface area contributed by atoms with Crippen LogP contribution in [-0.4, -0.2) is 23.9 Å². The molecule has 0 saturated carbocycles. The summed E-state index contributed by atoms with van der Waals surface area (Å²) in [5, 5.41) is 5.22. The molecule has 0 bridgehead atoms. The summed E-state index contributed by atoms with van der Waals surface area (Å²) in [6.45, 7) is 7.65. The van der Waals surface area contributed by atoms with Crippen LogP contribution in [0.15, 0.2) is 0 Å². The number of hydrogen-bond donors (Lipinski definition) is 2. The minimum Gasteiger partial charge on any atom is -0.345 e. The van der Waals surface area contributed by atoms with Gasteiger partial charge in [-0.25, -0.2) is 0 Å². The van der Waals surface area contributed by atoms with Gasteiger partial charge < -0.3 is 10.6 Å². The van der Waals surface area contributed by atoms with Crippen molar-refractivity contribution in [2.75, 3.05) is 0 Å². The lowest BCUT2D eigenvalue weighted by Crippen LogP contribution is -2.46. The molecular formula is C10H20N2O2. The molecule has 14 heavy (non-hydrogen) atoms. The van der Waals surface area contributed by atoms with E-state index in [1.54, 1.807) is 0 Å². The Morgan fingerprint density at radius 3 is 1.43 bits per heavy atom. The summed E-state index contributed by atoms with van der Waals surface area (Å²) in [6.07, 6.45) is 1.64. The Bertz CT molecular complexity index is 182. The van der Waals surface area contributed by atoms with Crippen LogP contribution in [0.25, 0.3) is 0 Å². The molecule has 0 aliphatic rings. The van der Waals surface area contributed by atoms with Crippen molar-refractivity contribution >= 4 is 11.8 Å². The van der Waals surface area contributed by atoms with Gasteiger partial charge in [0, 0.05) is 12.1 Å². The minimum absolute atomic E-state index is 0.0465. The van der Waals surface area contributed by atoms with E-state index in [9.17, 15) is 9.59 Å². The topological polar surface area (TPSA) is 58.2 Å². The predicted molar refractivity (Wildman–Crippen MR) is 55.8 cm³/mol. The second kappa shape index (κ2) is 6.40. The van der Waals surface area contributed by atoms with Crippen LogP contribution in [0.3, 0.4) is 0 Å². The zero-order chi connectivity index (χ0) is 11.1. The van der Waals surface area contributed by atoms with E-state index in [1.807, 2.05) is 27.7 Å². The standard InChI is InChI=1S/C10H20N2O2/c1-5-7(3)11-9(13)10(14)12-8(4)6-2/h7-8H,5-6H2,1-4H3,(H,11,13)(H,12,14)/t7-,8+. The Morgan fingerprint density at radius 2 is 1.21 bits per heavy atom. The Balaban J connectivity index is 3.94. The third kappa shape index (κ3) is 4.84. The Labute approximate surface area is 85.4 Å². The van der Waals surface area contributed by atoms with Crippen LogP contribution in [0, 0.1) is 0 Å². The molecule has 0 spiro atoms. The Kier molecular flexibility index (Phi) is 5.92. The number of hydrogen-bond acceptors (Lipinski definition) is 2. The third-order valence-corrected chi connectivity index (χ3v) is 2.19. The molecule has 0 aromatic carbocycles. The van der Waals surface area contributed by atoms with Crippen LogP contribution >= 0.6 is 0 Å². The highest BCUT2D eigenvalue weighted by atomic mass is 16.2. The van der Waals surface area contributed by atoms with Gasteiger partial charge in [-0.3, -0.25) is 9.59 Å². The third-order valence-electron chi connectivity index (χ3n) is 2.19. The molecule has 0 heterocycles. The first kappa shape index (κ1) is 12.9. The molecule has 4 heteroatoms. The van der Waals surface area contributed by atoms with E-state index in [1.165, 1.54) is 0 Å². The van der Waals surface area contributed by atoms with Crippen LogP contribution in [-0.2, 0) is 9.59 Å². The van der Waals surface area contributed by atoms with Crippen molar-refractivity contribution in [3.05, 3.63) is 0 Å². The van der Waals surface area contributed by atoms with Gasteiger partial charge in [-0.15, -0.1) is 0 Å². The Morgan fingerprint density at radius 1 is 0.929 bits per heavy atom. The summed E-state index contributed by atoms with van der Waals surface area (Å²) in [5.74, 6) is -1.08. The maximum atomic E-state index is 11.2. The molecule has 0 fully saturated rings. The lowest BCUT2D eigenvalue weighted by molar-refractivity contribution is -0.140. The van der Waals surface area contributed by atoms with Crippen molar-refractivity contribution in [3.8, 4) is 0 Å². The smallest absolute Gasteiger partial charge is 0.309 e. The monoisotopic (exact) mass is 200 g/mol. The minimum atomic E-state index is -0.542. The molecule has 2 amide bonds. The first-order chi connectivity index (χ1) is 6.51. The summed E-state index contributed by atoms with van der Waals surface area (Å²) in [4.78, 5) is 22.5. The lowest BCUT2D eigenvalue weighted by Gasteiger charge is -2.13. The second-order valence-electron chi connectivity index (χ2n) is 3.57. The number of carbonyl (C=O) groups excluding carboxylic acids is 2. The zero-order valence-electron chi connectivity index (χ0n) is 9.39. The lowest BCUT2D eigenvalue weighted by atomic mass is 10.2. The van der Waals surface area contributed by atoms with Gasteiger partial charge in [-0.1, -0.05) is 13.8 Å². The van der Waals surface area contributed by atoms with Crippen molar-refractivity contribution in [2.24, 2.45) is 0 Å². The van der Waals surface area contributed by atoms with Gasteiger partial charge in [-0.2, -0.15) is 0 Å². The summed E-state index contributed by atoms with van der Waals surface area (Å²) in [7, 11) is 0. The highest BCUT2D eigenvalue weighted by Gasteiger charge is 2.16. The molecule has 4 nitrogen and oxygen atoms in total. The fourth-order valence-corrected chi connectivity index (χ4v) is 0.783. The average molecular weight is 200 g/mol. The first-order valence-corrected chi connectivity index (χ1v) is 5.12. The van der Waals surface area contributed by atoms with Gasteiger partial charge in [0.1, 0.15) is 0 Å². The number of carbonyl (C=O) groups is 2. The Hall–Kier alpha value is -1.06. The zero-order valence-corrected chi connectivity index (χ0v) is 9.39. The summed E-state index contributed by atoms with van der Waals surface area (Å²) < 4.78 is 0. The van der Waals surface area contributed by atoms with E-state index in [4.69, 9.17) is 0 Å².